The zero-order valence-electron chi connectivity index (χ0n) is 10.8. The maximum absolute atomic E-state index is 11.7. The van der Waals surface area contributed by atoms with Crippen LogP contribution in [0.5, 0.6) is 0 Å². The van der Waals surface area contributed by atoms with Crippen LogP contribution in [0.15, 0.2) is 30.3 Å². The lowest BCUT2D eigenvalue weighted by molar-refractivity contribution is -0.141. The van der Waals surface area contributed by atoms with E-state index in [0.717, 1.165) is 0 Å². The molecule has 1 rings (SSSR count). The number of hydrogen-bond donors (Lipinski definition) is 2. The van der Waals surface area contributed by atoms with Crippen LogP contribution in [-0.4, -0.2) is 37.8 Å². The Kier molecular flexibility index (Phi) is 5.66. The molecule has 0 aromatic heterocycles. The third-order valence-electron chi connectivity index (χ3n) is 2.29. The Morgan fingerprint density at radius 3 is 2.40 bits per heavy atom. The number of rotatable bonds is 7. The van der Waals surface area contributed by atoms with Crippen LogP contribution in [0.3, 0.4) is 0 Å². The van der Waals surface area contributed by atoms with Gasteiger partial charge in [0.25, 0.3) is 0 Å². The molecule has 0 heterocycles. The first-order chi connectivity index (χ1) is 9.35. The number of carboxylic acids is 1. The van der Waals surface area contributed by atoms with E-state index in [2.05, 4.69) is 4.74 Å². The lowest BCUT2D eigenvalue weighted by atomic mass is 10.1. The maximum Gasteiger partial charge on any atom is 0.326 e. The molecule has 1 aromatic rings. The van der Waals surface area contributed by atoms with Gasteiger partial charge in [-0.3, -0.25) is 9.59 Å². The van der Waals surface area contributed by atoms with E-state index in [9.17, 15) is 18.0 Å². The van der Waals surface area contributed by atoms with Crippen molar-refractivity contribution in [2.75, 3.05) is 12.4 Å². The first kappa shape index (κ1) is 16.1. The topological polar surface area (TPSA) is 110 Å². The number of nitrogens with one attached hydrogen (secondary N) is 1. The summed E-state index contributed by atoms with van der Waals surface area (Å²) < 4.78 is 29.9. The SMILES string of the molecule is CCOC(=O)CS(=O)(=O)N[C@H](C(=O)O)c1ccccc1. The molecule has 20 heavy (non-hydrogen) atoms. The van der Waals surface area contributed by atoms with Gasteiger partial charge in [0.2, 0.25) is 10.0 Å². The Balaban J connectivity index is 2.86. The highest BCUT2D eigenvalue weighted by Gasteiger charge is 2.27. The number of carbonyl (C=O) groups is 2. The van der Waals surface area contributed by atoms with Crippen molar-refractivity contribution in [2.45, 2.75) is 13.0 Å². The molecule has 1 atom stereocenters. The van der Waals surface area contributed by atoms with E-state index < -0.39 is 33.8 Å². The Bertz CT molecular complexity index is 569. The fourth-order valence-corrected chi connectivity index (χ4v) is 2.56. The Labute approximate surface area is 116 Å². The van der Waals surface area contributed by atoms with E-state index in [4.69, 9.17) is 5.11 Å². The van der Waals surface area contributed by atoms with Crippen LogP contribution in [0.25, 0.3) is 0 Å². The number of ether oxygens (including phenoxy) is 1. The fourth-order valence-electron chi connectivity index (χ4n) is 1.49. The summed E-state index contributed by atoms with van der Waals surface area (Å²) in [6.45, 7) is 1.59. The zero-order chi connectivity index (χ0) is 15.2. The molecule has 0 saturated carbocycles. The second kappa shape index (κ2) is 7.01. The summed E-state index contributed by atoms with van der Waals surface area (Å²) >= 11 is 0. The zero-order valence-corrected chi connectivity index (χ0v) is 11.6. The smallest absolute Gasteiger partial charge is 0.326 e. The van der Waals surface area contributed by atoms with Gasteiger partial charge in [-0.1, -0.05) is 30.3 Å². The molecule has 0 radical (unpaired) electrons. The molecule has 0 fully saturated rings. The van der Waals surface area contributed by atoms with E-state index in [0.29, 0.717) is 0 Å². The monoisotopic (exact) mass is 301 g/mol. The van der Waals surface area contributed by atoms with Crippen LogP contribution in [-0.2, 0) is 24.3 Å². The van der Waals surface area contributed by atoms with Gasteiger partial charge in [0.05, 0.1) is 6.61 Å². The van der Waals surface area contributed by atoms with E-state index >= 15 is 0 Å². The van der Waals surface area contributed by atoms with Crippen LogP contribution >= 0.6 is 0 Å². The average Bonchev–Trinajstić information content (AvgIpc) is 2.36. The summed E-state index contributed by atoms with van der Waals surface area (Å²) in [5.41, 5.74) is 0.271. The van der Waals surface area contributed by atoms with Crippen molar-refractivity contribution in [1.82, 2.24) is 4.72 Å². The van der Waals surface area contributed by atoms with Crippen LogP contribution in [0.2, 0.25) is 0 Å². The highest BCUT2D eigenvalue weighted by Crippen LogP contribution is 2.14. The first-order valence-corrected chi connectivity index (χ1v) is 7.44. The maximum atomic E-state index is 11.7. The van der Waals surface area contributed by atoms with Gasteiger partial charge in [0.15, 0.2) is 5.75 Å². The van der Waals surface area contributed by atoms with Gasteiger partial charge in [-0.2, -0.15) is 4.72 Å². The molecule has 0 aliphatic rings. The quantitative estimate of drug-likeness (QED) is 0.701. The van der Waals surface area contributed by atoms with Crippen molar-refractivity contribution in [3.05, 3.63) is 35.9 Å². The largest absolute Gasteiger partial charge is 0.480 e. The van der Waals surface area contributed by atoms with Crippen LogP contribution in [0.4, 0.5) is 0 Å². The number of esters is 1. The summed E-state index contributed by atoms with van der Waals surface area (Å²) in [6.07, 6.45) is 0. The van der Waals surface area contributed by atoms with Crippen molar-refractivity contribution < 1.29 is 27.9 Å². The second-order valence-electron chi connectivity index (χ2n) is 3.86. The molecule has 0 bridgehead atoms. The van der Waals surface area contributed by atoms with E-state index in [-0.39, 0.29) is 12.2 Å². The number of aliphatic carboxylic acids is 1. The van der Waals surface area contributed by atoms with Crippen molar-refractivity contribution in [1.29, 1.82) is 0 Å². The lowest BCUT2D eigenvalue weighted by Crippen LogP contribution is -2.37. The molecule has 0 amide bonds. The standard InChI is InChI=1S/C12H15NO6S/c1-2-19-10(14)8-20(17,18)13-11(12(15)16)9-6-4-3-5-7-9/h3-7,11,13H,2,8H2,1H3,(H,15,16)/t11-/m0/s1. The first-order valence-electron chi connectivity index (χ1n) is 5.79. The second-order valence-corrected chi connectivity index (χ2v) is 5.62. The van der Waals surface area contributed by atoms with Crippen LogP contribution < -0.4 is 4.72 Å². The molecule has 1 aromatic carbocycles. The van der Waals surface area contributed by atoms with Gasteiger partial charge in [-0.05, 0) is 12.5 Å². The van der Waals surface area contributed by atoms with E-state index in [1.54, 1.807) is 25.1 Å². The molecule has 7 nitrogen and oxygen atoms in total. The van der Waals surface area contributed by atoms with Gasteiger partial charge < -0.3 is 9.84 Å². The molecular formula is C12H15NO6S. The molecule has 0 saturated heterocycles. The van der Waals surface area contributed by atoms with E-state index in [1.165, 1.54) is 12.1 Å². The Hall–Kier alpha value is -1.93. The molecule has 2 N–H and O–H groups in total. The minimum atomic E-state index is -4.10. The summed E-state index contributed by atoms with van der Waals surface area (Å²) in [7, 11) is -4.10. The highest BCUT2D eigenvalue weighted by atomic mass is 32.2. The van der Waals surface area contributed by atoms with Gasteiger partial charge in [-0.25, -0.2) is 8.42 Å². The predicted octanol–water partition coefficient (Wildman–Crippen LogP) is 0.295. The van der Waals surface area contributed by atoms with Gasteiger partial charge in [-0.15, -0.1) is 0 Å². The molecule has 0 aliphatic carbocycles. The third-order valence-corrected chi connectivity index (χ3v) is 3.50. The minimum Gasteiger partial charge on any atom is -0.480 e. The Morgan fingerprint density at radius 2 is 1.90 bits per heavy atom. The normalized spacial score (nSPS) is 12.7. The average molecular weight is 301 g/mol. The van der Waals surface area contributed by atoms with Crippen molar-refractivity contribution >= 4 is 22.0 Å². The number of carbonyl (C=O) groups excluding carboxylic acids is 1. The van der Waals surface area contributed by atoms with Gasteiger partial charge >= 0.3 is 11.9 Å². The number of benzene rings is 1. The molecule has 0 unspecified atom stereocenters. The summed E-state index contributed by atoms with van der Waals surface area (Å²) in [6, 6.07) is 6.36. The number of sulfonamides is 1. The Morgan fingerprint density at radius 1 is 1.30 bits per heavy atom. The van der Waals surface area contributed by atoms with Crippen LogP contribution in [0, 0.1) is 0 Å². The molecule has 8 heteroatoms. The molecule has 110 valence electrons. The lowest BCUT2D eigenvalue weighted by Gasteiger charge is -2.14. The number of carboxylic acid groups (broad SMARTS) is 1. The molecule has 0 spiro atoms. The minimum absolute atomic E-state index is 0.0510. The van der Waals surface area contributed by atoms with Crippen molar-refractivity contribution in [3.8, 4) is 0 Å². The summed E-state index contributed by atoms with van der Waals surface area (Å²) in [5.74, 6) is -3.21. The third kappa shape index (κ3) is 4.98. The van der Waals surface area contributed by atoms with Gasteiger partial charge in [0, 0.05) is 0 Å². The number of hydrogen-bond acceptors (Lipinski definition) is 5. The summed E-state index contributed by atoms with van der Waals surface area (Å²) in [4.78, 5) is 22.3. The van der Waals surface area contributed by atoms with Crippen LogP contribution in [0.1, 0.15) is 18.5 Å². The fraction of sp³-hybridized carbons (Fsp3) is 0.333. The molecular weight excluding hydrogens is 286 g/mol. The van der Waals surface area contributed by atoms with E-state index in [1.807, 2.05) is 4.72 Å². The van der Waals surface area contributed by atoms with Gasteiger partial charge in [0.1, 0.15) is 6.04 Å². The predicted molar refractivity (Wildman–Crippen MR) is 70.4 cm³/mol. The van der Waals surface area contributed by atoms with Crippen molar-refractivity contribution in [3.63, 3.8) is 0 Å². The van der Waals surface area contributed by atoms with Crippen molar-refractivity contribution in [2.24, 2.45) is 0 Å². The highest BCUT2D eigenvalue weighted by molar-refractivity contribution is 7.90. The summed E-state index contributed by atoms with van der Waals surface area (Å²) in [5, 5.41) is 9.08. The molecule has 0 aliphatic heterocycles.